The number of rotatable bonds is 7. The molecule has 10 heteroatoms. The molecule has 0 aliphatic heterocycles. The first-order valence-corrected chi connectivity index (χ1v) is 12.3. The van der Waals surface area contributed by atoms with Crippen LogP contribution in [0.15, 0.2) is 84.0 Å². The molecule has 0 aliphatic carbocycles. The summed E-state index contributed by atoms with van der Waals surface area (Å²) in [5.74, 6) is 1.18. The molecule has 0 saturated carbocycles. The van der Waals surface area contributed by atoms with Gasteiger partial charge in [0.05, 0.1) is 45.7 Å². The molecule has 35 heavy (non-hydrogen) atoms. The summed E-state index contributed by atoms with van der Waals surface area (Å²) in [5, 5.41) is 28.4. The lowest BCUT2D eigenvalue weighted by atomic mass is 10.1. The van der Waals surface area contributed by atoms with Crippen molar-refractivity contribution in [3.8, 4) is 23.1 Å². The highest BCUT2D eigenvalue weighted by Crippen LogP contribution is 2.36. The Morgan fingerprint density at radius 2 is 1.71 bits per heavy atom. The van der Waals surface area contributed by atoms with Gasteiger partial charge < -0.3 is 0 Å². The minimum absolute atomic E-state index is 0.419. The van der Waals surface area contributed by atoms with Crippen molar-refractivity contribution in [1.29, 1.82) is 5.26 Å². The van der Waals surface area contributed by atoms with E-state index in [0.29, 0.717) is 33.7 Å². The van der Waals surface area contributed by atoms with E-state index in [2.05, 4.69) is 38.7 Å². The predicted octanol–water partition coefficient (Wildman–Crippen LogP) is 6.04. The molecular formula is C25H17Cl2N7S. The van der Waals surface area contributed by atoms with Crippen molar-refractivity contribution < 1.29 is 0 Å². The number of thioether (sulfide) groups is 1. The molecule has 172 valence electrons. The van der Waals surface area contributed by atoms with E-state index in [1.807, 2.05) is 42.5 Å². The zero-order valence-corrected chi connectivity index (χ0v) is 20.5. The third-order valence-corrected chi connectivity index (χ3v) is 7.16. The van der Waals surface area contributed by atoms with E-state index in [0.717, 1.165) is 21.9 Å². The van der Waals surface area contributed by atoms with Crippen molar-refractivity contribution in [2.45, 2.75) is 17.3 Å². The van der Waals surface area contributed by atoms with Crippen molar-refractivity contribution in [1.82, 2.24) is 30.0 Å². The van der Waals surface area contributed by atoms with E-state index < -0.39 is 0 Å². The van der Waals surface area contributed by atoms with E-state index in [1.165, 1.54) is 10.4 Å². The first-order chi connectivity index (χ1) is 17.1. The monoisotopic (exact) mass is 517 g/mol. The van der Waals surface area contributed by atoms with Crippen molar-refractivity contribution in [3.63, 3.8) is 0 Å². The van der Waals surface area contributed by atoms with Crippen molar-refractivity contribution in [2.75, 3.05) is 0 Å². The predicted molar refractivity (Wildman–Crippen MR) is 137 cm³/mol. The van der Waals surface area contributed by atoms with Gasteiger partial charge in [0.25, 0.3) is 0 Å². The first-order valence-electron chi connectivity index (χ1n) is 10.6. The Balaban J connectivity index is 1.49. The van der Waals surface area contributed by atoms with Gasteiger partial charge in [-0.05, 0) is 40.6 Å². The van der Waals surface area contributed by atoms with Gasteiger partial charge in [0, 0.05) is 5.75 Å². The fourth-order valence-electron chi connectivity index (χ4n) is 3.45. The Labute approximate surface area is 215 Å². The number of hydrogen-bond donors (Lipinski definition) is 0. The number of benzene rings is 3. The molecule has 0 atom stereocenters. The van der Waals surface area contributed by atoms with Gasteiger partial charge in [0.1, 0.15) is 5.03 Å². The van der Waals surface area contributed by atoms with Crippen LogP contribution in [0.25, 0.3) is 17.1 Å². The number of halogens is 2. The maximum absolute atomic E-state index is 8.99. The summed E-state index contributed by atoms with van der Waals surface area (Å²) in [5.41, 5.74) is 4.16. The normalized spacial score (nSPS) is 10.9. The van der Waals surface area contributed by atoms with Crippen molar-refractivity contribution in [2.24, 2.45) is 0 Å². The van der Waals surface area contributed by atoms with Crippen LogP contribution in [-0.4, -0.2) is 30.0 Å². The molecule has 0 aliphatic rings. The van der Waals surface area contributed by atoms with Crippen LogP contribution in [0.2, 0.25) is 10.0 Å². The minimum atomic E-state index is 0.419. The largest absolute Gasteiger partial charge is 0.225 e. The number of tetrazole rings is 1. The molecule has 0 amide bonds. The Bertz CT molecular complexity index is 1510. The minimum Gasteiger partial charge on any atom is -0.225 e. The van der Waals surface area contributed by atoms with Crippen LogP contribution in [0, 0.1) is 11.3 Å². The summed E-state index contributed by atoms with van der Waals surface area (Å²) in [7, 11) is 0. The molecule has 5 aromatic rings. The molecule has 0 radical (unpaired) electrons. The smallest absolute Gasteiger partial charge is 0.209 e. The van der Waals surface area contributed by atoms with Crippen molar-refractivity contribution >= 4 is 35.0 Å². The summed E-state index contributed by atoms with van der Waals surface area (Å²) in [4.78, 5) is 1.52. The number of nitrogens with zero attached hydrogens (tertiary/aromatic N) is 7. The highest BCUT2D eigenvalue weighted by Gasteiger charge is 2.21. The van der Waals surface area contributed by atoms with Gasteiger partial charge in [-0.15, -0.1) is 22.0 Å². The van der Waals surface area contributed by atoms with Crippen LogP contribution in [-0.2, 0) is 12.3 Å². The highest BCUT2D eigenvalue weighted by atomic mass is 35.5. The quantitative estimate of drug-likeness (QED) is 0.244. The van der Waals surface area contributed by atoms with Crippen molar-refractivity contribution in [3.05, 3.63) is 106 Å². The van der Waals surface area contributed by atoms with E-state index in [4.69, 9.17) is 28.5 Å². The third kappa shape index (κ3) is 5.08. The van der Waals surface area contributed by atoms with Crippen LogP contribution >= 0.6 is 35.0 Å². The molecule has 0 fully saturated rings. The van der Waals surface area contributed by atoms with Crippen LogP contribution in [0.4, 0.5) is 0 Å². The van der Waals surface area contributed by atoms with Gasteiger partial charge in [-0.25, -0.2) is 4.68 Å². The lowest BCUT2D eigenvalue weighted by molar-refractivity contribution is 0.573. The van der Waals surface area contributed by atoms with Gasteiger partial charge in [-0.1, -0.05) is 71.7 Å². The van der Waals surface area contributed by atoms with Gasteiger partial charge in [-0.2, -0.15) is 15.2 Å². The zero-order chi connectivity index (χ0) is 24.2. The summed E-state index contributed by atoms with van der Waals surface area (Å²) in [6.07, 6.45) is 1.72. The topological polar surface area (TPSA) is 85.2 Å². The van der Waals surface area contributed by atoms with Gasteiger partial charge in [0.2, 0.25) is 5.82 Å². The maximum Gasteiger partial charge on any atom is 0.209 e. The summed E-state index contributed by atoms with van der Waals surface area (Å²) in [6, 6.07) is 25.0. The lowest BCUT2D eigenvalue weighted by Gasteiger charge is -2.11. The maximum atomic E-state index is 8.99. The second kappa shape index (κ2) is 10.3. The summed E-state index contributed by atoms with van der Waals surface area (Å²) in [6.45, 7) is 0.430. The van der Waals surface area contributed by atoms with Crippen LogP contribution in [0.3, 0.4) is 0 Å². The highest BCUT2D eigenvalue weighted by molar-refractivity contribution is 7.98. The Hall–Kier alpha value is -3.64. The van der Waals surface area contributed by atoms with Gasteiger partial charge in [-0.3, -0.25) is 0 Å². The van der Waals surface area contributed by atoms with Gasteiger partial charge in [0.15, 0.2) is 0 Å². The molecule has 0 bridgehead atoms. The second-order valence-electron chi connectivity index (χ2n) is 7.57. The molecule has 0 N–H and O–H groups in total. The lowest BCUT2D eigenvalue weighted by Crippen LogP contribution is -2.04. The number of hydrogen-bond acceptors (Lipinski definition) is 6. The standard InChI is InChI=1S/C25H17Cl2N7S/c26-21-7-4-8-22(23(21)27)34-25(35-16-19-5-2-1-3-6-19)20(14-29-34)24-30-32-33(31-24)15-18-11-9-17(13-28)10-12-18/h1-12,14H,15-16H2. The average molecular weight is 518 g/mol. The Morgan fingerprint density at radius 3 is 2.49 bits per heavy atom. The second-order valence-corrected chi connectivity index (χ2v) is 9.32. The zero-order valence-electron chi connectivity index (χ0n) is 18.2. The molecule has 0 spiro atoms. The SMILES string of the molecule is N#Cc1ccc(Cn2nnc(-c3cnn(-c4cccc(Cl)c4Cl)c3SCc3ccccc3)n2)cc1. The van der Waals surface area contributed by atoms with E-state index in [-0.39, 0.29) is 0 Å². The summed E-state index contributed by atoms with van der Waals surface area (Å²) >= 11 is 14.4. The summed E-state index contributed by atoms with van der Waals surface area (Å²) < 4.78 is 1.76. The molecular weight excluding hydrogens is 501 g/mol. The number of nitriles is 1. The number of aromatic nitrogens is 6. The molecule has 5 rings (SSSR count). The van der Waals surface area contributed by atoms with E-state index in [1.54, 1.807) is 40.8 Å². The third-order valence-electron chi connectivity index (χ3n) is 5.20. The Morgan fingerprint density at radius 1 is 0.914 bits per heavy atom. The van der Waals surface area contributed by atoms with Crippen LogP contribution < -0.4 is 0 Å². The first kappa shape index (κ1) is 23.1. The van der Waals surface area contributed by atoms with E-state index >= 15 is 0 Å². The molecule has 0 unspecified atom stereocenters. The van der Waals surface area contributed by atoms with E-state index in [9.17, 15) is 0 Å². The molecule has 7 nitrogen and oxygen atoms in total. The van der Waals surface area contributed by atoms with Gasteiger partial charge >= 0.3 is 0 Å². The molecule has 2 aromatic heterocycles. The molecule has 0 saturated heterocycles. The fourth-order valence-corrected chi connectivity index (χ4v) is 4.89. The Kier molecular flexibility index (Phi) is 6.82. The average Bonchev–Trinajstić information content (AvgIpc) is 3.52. The van der Waals surface area contributed by atoms with Crippen LogP contribution in [0.5, 0.6) is 0 Å². The molecule has 2 heterocycles. The fraction of sp³-hybridized carbons (Fsp3) is 0.0800. The molecule has 3 aromatic carbocycles. The van der Waals surface area contributed by atoms with Crippen LogP contribution in [0.1, 0.15) is 16.7 Å².